The Hall–Kier alpha value is -1.52. The number of nitrogens with zero attached hydrogens (tertiary/aromatic N) is 1. The third-order valence-corrected chi connectivity index (χ3v) is 2.69. The average molecular weight is 271 g/mol. The topological polar surface area (TPSA) is 55.1 Å². The van der Waals surface area contributed by atoms with Gasteiger partial charge >= 0.3 is 0 Å². The first-order valence-electron chi connectivity index (χ1n) is 4.76. The number of carbonyl (C=O) groups is 1. The van der Waals surface area contributed by atoms with E-state index in [2.05, 4.69) is 10.5 Å². The molecule has 1 aromatic heterocycles. The molecule has 0 atom stereocenters. The highest BCUT2D eigenvalue weighted by Gasteiger charge is 2.14. The van der Waals surface area contributed by atoms with Crippen LogP contribution in [0.5, 0.6) is 0 Å². The highest BCUT2D eigenvalue weighted by atomic mass is 35.5. The third-order valence-electron chi connectivity index (χ3n) is 2.06. The van der Waals surface area contributed by atoms with E-state index in [0.717, 1.165) is 0 Å². The summed E-state index contributed by atoms with van der Waals surface area (Å²) in [6.07, 6.45) is 0. The van der Waals surface area contributed by atoms with E-state index < -0.39 is 5.91 Å². The maximum absolute atomic E-state index is 11.8. The summed E-state index contributed by atoms with van der Waals surface area (Å²) < 4.78 is 4.81. The fourth-order valence-electron chi connectivity index (χ4n) is 1.27. The summed E-state index contributed by atoms with van der Waals surface area (Å²) in [5.41, 5.74) is 0.542. The lowest BCUT2D eigenvalue weighted by atomic mass is 10.3. The van der Waals surface area contributed by atoms with E-state index in [1.165, 1.54) is 6.07 Å². The Morgan fingerprint density at radius 2 is 2.00 bits per heavy atom. The minimum Gasteiger partial charge on any atom is -0.361 e. The van der Waals surface area contributed by atoms with Gasteiger partial charge in [-0.05, 0) is 19.1 Å². The van der Waals surface area contributed by atoms with Gasteiger partial charge in [0.05, 0.1) is 15.7 Å². The van der Waals surface area contributed by atoms with Gasteiger partial charge in [0.2, 0.25) is 0 Å². The highest BCUT2D eigenvalue weighted by molar-refractivity contribution is 6.39. The van der Waals surface area contributed by atoms with Crippen LogP contribution in [0.1, 0.15) is 16.2 Å². The van der Waals surface area contributed by atoms with Gasteiger partial charge < -0.3 is 9.84 Å². The summed E-state index contributed by atoms with van der Waals surface area (Å²) >= 11 is 11.8. The molecule has 1 heterocycles. The van der Waals surface area contributed by atoms with Crippen molar-refractivity contribution in [1.82, 2.24) is 5.16 Å². The normalized spacial score (nSPS) is 10.3. The second-order valence-corrected chi connectivity index (χ2v) is 4.19. The van der Waals surface area contributed by atoms with Crippen LogP contribution in [-0.4, -0.2) is 11.1 Å². The van der Waals surface area contributed by atoms with Gasteiger partial charge in [-0.2, -0.15) is 0 Å². The lowest BCUT2D eigenvalue weighted by molar-refractivity contribution is 0.101. The first-order chi connectivity index (χ1) is 8.08. The zero-order valence-corrected chi connectivity index (χ0v) is 10.3. The van der Waals surface area contributed by atoms with Crippen LogP contribution in [0.15, 0.2) is 28.8 Å². The van der Waals surface area contributed by atoms with Crippen molar-refractivity contribution in [3.63, 3.8) is 0 Å². The van der Waals surface area contributed by atoms with Crippen LogP contribution in [0.3, 0.4) is 0 Å². The van der Waals surface area contributed by atoms with Crippen LogP contribution < -0.4 is 5.32 Å². The maximum atomic E-state index is 11.8. The van der Waals surface area contributed by atoms with E-state index in [0.29, 0.717) is 21.5 Å². The van der Waals surface area contributed by atoms with E-state index in [1.54, 1.807) is 25.1 Å². The lowest BCUT2D eigenvalue weighted by Crippen LogP contribution is -2.12. The third kappa shape index (κ3) is 2.60. The monoisotopic (exact) mass is 270 g/mol. The number of nitrogens with one attached hydrogen (secondary N) is 1. The molecule has 0 saturated heterocycles. The van der Waals surface area contributed by atoms with Crippen molar-refractivity contribution in [3.05, 3.63) is 45.8 Å². The summed E-state index contributed by atoms with van der Waals surface area (Å²) in [6, 6.07) is 6.49. The summed E-state index contributed by atoms with van der Waals surface area (Å²) in [7, 11) is 0. The number of amides is 1. The van der Waals surface area contributed by atoms with Gasteiger partial charge in [0.15, 0.2) is 5.69 Å². The van der Waals surface area contributed by atoms with Crippen LogP contribution in [-0.2, 0) is 0 Å². The van der Waals surface area contributed by atoms with E-state index in [9.17, 15) is 4.79 Å². The lowest BCUT2D eigenvalue weighted by Gasteiger charge is -2.06. The molecule has 1 aromatic carbocycles. The number of rotatable bonds is 2. The molecule has 0 spiro atoms. The number of aryl methyl sites for hydroxylation is 1. The number of para-hydroxylation sites is 1. The Kier molecular flexibility index (Phi) is 3.36. The molecule has 88 valence electrons. The second-order valence-electron chi connectivity index (χ2n) is 3.37. The molecular weight excluding hydrogens is 263 g/mol. The van der Waals surface area contributed by atoms with Crippen LogP contribution >= 0.6 is 23.2 Å². The molecule has 2 aromatic rings. The molecule has 0 bridgehead atoms. The molecular formula is C11H8Cl2N2O2. The minimum atomic E-state index is -0.420. The molecule has 6 heteroatoms. The zero-order valence-electron chi connectivity index (χ0n) is 8.83. The summed E-state index contributed by atoms with van der Waals surface area (Å²) in [5, 5.41) is 6.91. The Morgan fingerprint density at radius 1 is 1.35 bits per heavy atom. The van der Waals surface area contributed by atoms with Crippen LogP contribution in [0.2, 0.25) is 10.0 Å². The summed E-state index contributed by atoms with van der Waals surface area (Å²) in [6.45, 7) is 1.70. The van der Waals surface area contributed by atoms with Crippen molar-refractivity contribution >= 4 is 34.8 Å². The molecule has 0 aliphatic rings. The molecule has 0 fully saturated rings. The van der Waals surface area contributed by atoms with E-state index in [1.807, 2.05) is 0 Å². The van der Waals surface area contributed by atoms with Crippen molar-refractivity contribution in [1.29, 1.82) is 0 Å². The number of carbonyl (C=O) groups excluding carboxylic acids is 1. The van der Waals surface area contributed by atoms with E-state index in [4.69, 9.17) is 27.7 Å². The molecule has 0 radical (unpaired) electrons. The Balaban J connectivity index is 2.24. The largest absolute Gasteiger partial charge is 0.361 e. The van der Waals surface area contributed by atoms with Crippen molar-refractivity contribution in [2.75, 3.05) is 5.32 Å². The number of halogens is 2. The highest BCUT2D eigenvalue weighted by Crippen LogP contribution is 2.30. The summed E-state index contributed by atoms with van der Waals surface area (Å²) in [5.74, 6) is 0.136. The Morgan fingerprint density at radius 3 is 2.53 bits per heavy atom. The van der Waals surface area contributed by atoms with Crippen molar-refractivity contribution < 1.29 is 9.32 Å². The first-order valence-corrected chi connectivity index (χ1v) is 5.52. The SMILES string of the molecule is Cc1cc(C(=O)Nc2c(Cl)cccc2Cl)no1. The van der Waals surface area contributed by atoms with Crippen LogP contribution in [0.4, 0.5) is 5.69 Å². The molecule has 1 amide bonds. The average Bonchev–Trinajstić information content (AvgIpc) is 2.70. The van der Waals surface area contributed by atoms with Crippen LogP contribution in [0, 0.1) is 6.92 Å². The molecule has 0 aliphatic carbocycles. The number of hydrogen-bond acceptors (Lipinski definition) is 3. The molecule has 17 heavy (non-hydrogen) atoms. The second kappa shape index (κ2) is 4.77. The van der Waals surface area contributed by atoms with E-state index in [-0.39, 0.29) is 5.69 Å². The van der Waals surface area contributed by atoms with Gasteiger partial charge in [0, 0.05) is 6.07 Å². The Labute approximate surface area is 108 Å². The van der Waals surface area contributed by atoms with Gasteiger partial charge in [-0.1, -0.05) is 34.4 Å². The predicted molar refractivity (Wildman–Crippen MR) is 65.7 cm³/mol. The fourth-order valence-corrected chi connectivity index (χ4v) is 1.76. The number of benzene rings is 1. The minimum absolute atomic E-state index is 0.179. The molecule has 0 saturated carbocycles. The standard InChI is InChI=1S/C11H8Cl2N2O2/c1-6-5-9(15-17-6)11(16)14-10-7(12)3-2-4-8(10)13/h2-5H,1H3,(H,14,16). The van der Waals surface area contributed by atoms with Gasteiger partial charge in [0.1, 0.15) is 5.76 Å². The predicted octanol–water partition coefficient (Wildman–Crippen LogP) is 3.54. The Bertz CT molecular complexity index is 546. The smallest absolute Gasteiger partial charge is 0.277 e. The molecule has 1 N–H and O–H groups in total. The number of anilines is 1. The zero-order chi connectivity index (χ0) is 12.4. The van der Waals surface area contributed by atoms with E-state index >= 15 is 0 Å². The first kappa shape index (κ1) is 12.0. The molecule has 0 unspecified atom stereocenters. The number of aromatic nitrogens is 1. The molecule has 4 nitrogen and oxygen atoms in total. The van der Waals surface area contributed by atoms with Crippen LogP contribution in [0.25, 0.3) is 0 Å². The van der Waals surface area contributed by atoms with Crippen molar-refractivity contribution in [2.24, 2.45) is 0 Å². The van der Waals surface area contributed by atoms with Gasteiger partial charge in [-0.25, -0.2) is 0 Å². The quantitative estimate of drug-likeness (QED) is 0.908. The van der Waals surface area contributed by atoms with Crippen molar-refractivity contribution in [3.8, 4) is 0 Å². The maximum Gasteiger partial charge on any atom is 0.277 e. The van der Waals surface area contributed by atoms with Crippen molar-refractivity contribution in [2.45, 2.75) is 6.92 Å². The fraction of sp³-hybridized carbons (Fsp3) is 0.0909. The molecule has 2 rings (SSSR count). The number of hydrogen-bond donors (Lipinski definition) is 1. The molecule has 0 aliphatic heterocycles. The van der Waals surface area contributed by atoms with Gasteiger partial charge in [-0.3, -0.25) is 4.79 Å². The summed E-state index contributed by atoms with van der Waals surface area (Å²) in [4.78, 5) is 11.8. The van der Waals surface area contributed by atoms with Gasteiger partial charge in [-0.15, -0.1) is 0 Å². The van der Waals surface area contributed by atoms with Gasteiger partial charge in [0.25, 0.3) is 5.91 Å².